The van der Waals surface area contributed by atoms with E-state index in [0.29, 0.717) is 19.1 Å². The highest BCUT2D eigenvalue weighted by atomic mass is 16.2. The van der Waals surface area contributed by atoms with Gasteiger partial charge in [0.05, 0.1) is 6.54 Å². The van der Waals surface area contributed by atoms with Gasteiger partial charge in [0.25, 0.3) is 0 Å². The van der Waals surface area contributed by atoms with Gasteiger partial charge in [0, 0.05) is 37.0 Å². The summed E-state index contributed by atoms with van der Waals surface area (Å²) in [6, 6.07) is 20.7. The number of benzene rings is 2. The monoisotopic (exact) mass is 393 g/mol. The quantitative estimate of drug-likeness (QED) is 0.613. The van der Waals surface area contributed by atoms with Gasteiger partial charge in [-0.15, -0.1) is 0 Å². The number of hydrogen-bond acceptors (Lipinski definition) is 4. The second-order valence-electron chi connectivity index (χ2n) is 7.73. The summed E-state index contributed by atoms with van der Waals surface area (Å²) in [6.45, 7) is 1.26. The van der Waals surface area contributed by atoms with E-state index in [1.807, 2.05) is 17.0 Å². The van der Waals surface area contributed by atoms with Crippen molar-refractivity contribution in [1.29, 1.82) is 0 Å². The number of fused-ring (bicyclic) bond motifs is 1. The number of carbonyl (C=O) groups is 2. The molecule has 0 aromatic heterocycles. The van der Waals surface area contributed by atoms with Gasteiger partial charge in [0.2, 0.25) is 5.91 Å². The average molecular weight is 393 g/mol. The van der Waals surface area contributed by atoms with Crippen LogP contribution in [-0.2, 0) is 4.79 Å². The molecule has 7 nitrogen and oxygen atoms in total. The van der Waals surface area contributed by atoms with Crippen molar-refractivity contribution in [1.82, 2.24) is 21.1 Å². The first-order valence-corrected chi connectivity index (χ1v) is 10.1. The van der Waals surface area contributed by atoms with E-state index in [-0.39, 0.29) is 30.3 Å². The van der Waals surface area contributed by atoms with Crippen LogP contribution >= 0.6 is 0 Å². The van der Waals surface area contributed by atoms with Crippen LogP contribution in [0.3, 0.4) is 0 Å². The number of likely N-dealkylation sites (tertiary alicyclic amines) is 1. The predicted octanol–water partition coefficient (Wildman–Crippen LogP) is 1.18. The molecule has 4 rings (SSSR count). The summed E-state index contributed by atoms with van der Waals surface area (Å²) >= 11 is 0. The summed E-state index contributed by atoms with van der Waals surface area (Å²) in [5.74, 6) is 0.328. The van der Waals surface area contributed by atoms with E-state index in [0.717, 1.165) is 6.42 Å². The first kappa shape index (κ1) is 19.4. The lowest BCUT2D eigenvalue weighted by atomic mass is 9.76. The molecule has 2 aliphatic rings. The van der Waals surface area contributed by atoms with E-state index in [1.165, 1.54) is 11.1 Å². The van der Waals surface area contributed by atoms with Gasteiger partial charge in [-0.1, -0.05) is 60.7 Å². The Morgan fingerprint density at radius 1 is 1.03 bits per heavy atom. The molecule has 0 bridgehead atoms. The Bertz CT molecular complexity index is 805. The molecule has 3 atom stereocenters. The van der Waals surface area contributed by atoms with Crippen LogP contribution in [0.5, 0.6) is 0 Å². The Morgan fingerprint density at radius 3 is 2.24 bits per heavy atom. The van der Waals surface area contributed by atoms with Crippen LogP contribution in [0.25, 0.3) is 0 Å². The number of hydrogen-bond donors (Lipinski definition) is 4. The highest BCUT2D eigenvalue weighted by molar-refractivity contribution is 5.83. The fraction of sp³-hybridized carbons (Fsp3) is 0.364. The zero-order chi connectivity index (χ0) is 20.2. The van der Waals surface area contributed by atoms with Crippen molar-refractivity contribution in [2.45, 2.75) is 24.4 Å². The molecular formula is C22H27N5O2. The number of amides is 3. The standard InChI is InChI=1S/C22H27N5O2/c23-22(29)24-13-19(28)27-12-11-18-17(14-27)21(26-25-18)20(15-7-3-1-4-8-15)16-9-5-2-6-10-16/h1-10,17-18,20-21,25-26H,11-14H2,(H3,23,24,29). The smallest absolute Gasteiger partial charge is 0.312 e. The third kappa shape index (κ3) is 4.26. The Labute approximate surface area is 170 Å². The number of carbonyl (C=O) groups excluding carboxylic acids is 2. The largest absolute Gasteiger partial charge is 0.352 e. The molecule has 0 aliphatic carbocycles. The van der Waals surface area contributed by atoms with Gasteiger partial charge < -0.3 is 16.0 Å². The predicted molar refractivity (Wildman–Crippen MR) is 111 cm³/mol. The zero-order valence-electron chi connectivity index (χ0n) is 16.3. The average Bonchev–Trinajstić information content (AvgIpc) is 3.17. The van der Waals surface area contributed by atoms with Gasteiger partial charge >= 0.3 is 6.03 Å². The van der Waals surface area contributed by atoms with Crippen molar-refractivity contribution in [2.75, 3.05) is 19.6 Å². The summed E-state index contributed by atoms with van der Waals surface area (Å²) in [4.78, 5) is 25.3. The van der Waals surface area contributed by atoms with E-state index in [2.05, 4.69) is 64.7 Å². The Balaban J connectivity index is 1.57. The highest BCUT2D eigenvalue weighted by Crippen LogP contribution is 2.37. The van der Waals surface area contributed by atoms with Crippen molar-refractivity contribution in [3.05, 3.63) is 71.8 Å². The van der Waals surface area contributed by atoms with E-state index >= 15 is 0 Å². The van der Waals surface area contributed by atoms with Crippen LogP contribution in [0.15, 0.2) is 60.7 Å². The van der Waals surface area contributed by atoms with Gasteiger partial charge in [-0.25, -0.2) is 4.79 Å². The number of urea groups is 1. The molecule has 2 aromatic rings. The molecule has 2 aromatic carbocycles. The van der Waals surface area contributed by atoms with Crippen molar-refractivity contribution in [3.8, 4) is 0 Å². The molecule has 5 N–H and O–H groups in total. The fourth-order valence-corrected chi connectivity index (χ4v) is 4.59. The van der Waals surface area contributed by atoms with Gasteiger partial charge in [0.1, 0.15) is 0 Å². The maximum atomic E-state index is 12.5. The van der Waals surface area contributed by atoms with Crippen molar-refractivity contribution < 1.29 is 9.59 Å². The van der Waals surface area contributed by atoms with Crippen LogP contribution in [0, 0.1) is 5.92 Å². The first-order chi connectivity index (χ1) is 14.1. The van der Waals surface area contributed by atoms with Crippen LogP contribution < -0.4 is 21.9 Å². The third-order valence-corrected chi connectivity index (χ3v) is 6.00. The number of nitrogens with zero attached hydrogens (tertiary/aromatic N) is 1. The maximum absolute atomic E-state index is 12.5. The maximum Gasteiger partial charge on any atom is 0.312 e. The van der Waals surface area contributed by atoms with Crippen LogP contribution in [0.4, 0.5) is 4.79 Å². The number of primary amides is 1. The Kier molecular flexibility index (Phi) is 5.78. The normalized spacial score (nSPS) is 23.6. The van der Waals surface area contributed by atoms with Gasteiger partial charge in [-0.3, -0.25) is 15.6 Å². The number of hydrazine groups is 1. The number of rotatable bonds is 5. The van der Waals surface area contributed by atoms with Crippen molar-refractivity contribution >= 4 is 11.9 Å². The number of piperidine rings is 1. The van der Waals surface area contributed by atoms with Gasteiger partial charge in [-0.05, 0) is 17.5 Å². The van der Waals surface area contributed by atoms with Gasteiger partial charge in [0.15, 0.2) is 0 Å². The van der Waals surface area contributed by atoms with E-state index < -0.39 is 6.03 Å². The minimum absolute atomic E-state index is 0.0565. The minimum atomic E-state index is -0.677. The SMILES string of the molecule is NC(=O)NCC(=O)N1CCC2NNC(C(c3ccccc3)c3ccccc3)C2C1. The highest BCUT2D eigenvalue weighted by Gasteiger charge is 2.44. The molecule has 2 aliphatic heterocycles. The summed E-state index contributed by atoms with van der Waals surface area (Å²) in [5, 5.41) is 2.40. The lowest BCUT2D eigenvalue weighted by Gasteiger charge is -2.38. The summed E-state index contributed by atoms with van der Waals surface area (Å²) in [5.41, 5.74) is 14.6. The lowest BCUT2D eigenvalue weighted by molar-refractivity contribution is -0.132. The molecule has 29 heavy (non-hydrogen) atoms. The minimum Gasteiger partial charge on any atom is -0.352 e. The number of nitrogens with two attached hydrogens (primary N) is 1. The summed E-state index contributed by atoms with van der Waals surface area (Å²) in [7, 11) is 0. The van der Waals surface area contributed by atoms with Crippen molar-refractivity contribution in [2.24, 2.45) is 11.7 Å². The van der Waals surface area contributed by atoms with E-state index in [1.54, 1.807) is 0 Å². The Morgan fingerprint density at radius 2 is 1.66 bits per heavy atom. The molecular weight excluding hydrogens is 366 g/mol. The lowest BCUT2D eigenvalue weighted by Crippen LogP contribution is -2.52. The van der Waals surface area contributed by atoms with Crippen LogP contribution in [0.2, 0.25) is 0 Å². The molecule has 2 saturated heterocycles. The van der Waals surface area contributed by atoms with Crippen LogP contribution in [-0.4, -0.2) is 48.6 Å². The second kappa shape index (κ2) is 8.63. The van der Waals surface area contributed by atoms with E-state index in [4.69, 9.17) is 5.73 Å². The summed E-state index contributed by atoms with van der Waals surface area (Å²) in [6.07, 6.45) is 0.868. The van der Waals surface area contributed by atoms with Crippen molar-refractivity contribution in [3.63, 3.8) is 0 Å². The molecule has 2 fully saturated rings. The van der Waals surface area contributed by atoms with E-state index in [9.17, 15) is 9.59 Å². The third-order valence-electron chi connectivity index (χ3n) is 6.00. The fourth-order valence-electron chi connectivity index (χ4n) is 4.59. The molecule has 3 unspecified atom stereocenters. The second-order valence-corrected chi connectivity index (χ2v) is 7.73. The first-order valence-electron chi connectivity index (χ1n) is 10.1. The Hall–Kier alpha value is -2.90. The van der Waals surface area contributed by atoms with Crippen LogP contribution in [0.1, 0.15) is 23.5 Å². The molecule has 3 amide bonds. The zero-order valence-corrected chi connectivity index (χ0v) is 16.3. The number of nitrogens with one attached hydrogen (secondary N) is 3. The molecule has 152 valence electrons. The topological polar surface area (TPSA) is 99.5 Å². The van der Waals surface area contributed by atoms with Gasteiger partial charge in [-0.2, -0.15) is 0 Å². The summed E-state index contributed by atoms with van der Waals surface area (Å²) < 4.78 is 0. The molecule has 0 saturated carbocycles. The molecule has 0 radical (unpaired) electrons. The molecule has 7 heteroatoms. The molecule has 0 spiro atoms. The molecule has 2 heterocycles.